The van der Waals surface area contributed by atoms with Crippen LogP contribution in [0.1, 0.15) is 24.4 Å². The van der Waals surface area contributed by atoms with Gasteiger partial charge >= 0.3 is 0 Å². The van der Waals surface area contributed by atoms with E-state index in [0.717, 1.165) is 12.8 Å². The maximum absolute atomic E-state index is 13.6. The van der Waals surface area contributed by atoms with Gasteiger partial charge in [0.2, 0.25) is 0 Å². The summed E-state index contributed by atoms with van der Waals surface area (Å²) in [5.41, 5.74) is 0.891. The SMILES string of the molecule is Cc1c(F)cc2c(ncn2C2CC2)c1F. The molecule has 3 rings (SSSR count). The summed E-state index contributed by atoms with van der Waals surface area (Å²) in [7, 11) is 0. The fraction of sp³-hybridized carbons (Fsp3) is 0.364. The van der Waals surface area contributed by atoms with Gasteiger partial charge in [-0.15, -0.1) is 0 Å². The molecule has 1 fully saturated rings. The maximum atomic E-state index is 13.6. The van der Waals surface area contributed by atoms with Crippen LogP contribution in [0, 0.1) is 18.6 Å². The van der Waals surface area contributed by atoms with Gasteiger partial charge in [-0.1, -0.05) is 0 Å². The molecule has 4 heteroatoms. The van der Waals surface area contributed by atoms with E-state index in [1.807, 2.05) is 4.57 Å². The van der Waals surface area contributed by atoms with Gasteiger partial charge in [0, 0.05) is 17.7 Å². The van der Waals surface area contributed by atoms with Gasteiger partial charge in [0.05, 0.1) is 11.8 Å². The van der Waals surface area contributed by atoms with E-state index in [1.54, 1.807) is 6.33 Å². The van der Waals surface area contributed by atoms with E-state index in [-0.39, 0.29) is 11.1 Å². The molecular formula is C11H10F2N2. The number of imidazole rings is 1. The predicted octanol–water partition coefficient (Wildman–Crippen LogP) is 2.96. The minimum atomic E-state index is -0.538. The molecule has 0 amide bonds. The van der Waals surface area contributed by atoms with Gasteiger partial charge in [0.15, 0.2) is 5.82 Å². The molecule has 0 radical (unpaired) electrons. The van der Waals surface area contributed by atoms with Gasteiger partial charge in [-0.2, -0.15) is 0 Å². The number of nitrogens with zero attached hydrogens (tertiary/aromatic N) is 2. The number of benzene rings is 1. The van der Waals surface area contributed by atoms with Crippen LogP contribution in [0.5, 0.6) is 0 Å². The zero-order valence-corrected chi connectivity index (χ0v) is 8.30. The molecule has 1 aliphatic carbocycles. The zero-order chi connectivity index (χ0) is 10.6. The third-order valence-corrected chi connectivity index (χ3v) is 2.93. The molecule has 0 spiro atoms. The van der Waals surface area contributed by atoms with Crippen molar-refractivity contribution in [2.45, 2.75) is 25.8 Å². The van der Waals surface area contributed by atoms with Crippen molar-refractivity contribution >= 4 is 11.0 Å². The van der Waals surface area contributed by atoms with Crippen molar-refractivity contribution in [2.24, 2.45) is 0 Å². The molecule has 1 aliphatic rings. The second-order valence-electron chi connectivity index (χ2n) is 4.05. The van der Waals surface area contributed by atoms with E-state index < -0.39 is 11.6 Å². The van der Waals surface area contributed by atoms with Crippen molar-refractivity contribution in [1.29, 1.82) is 0 Å². The van der Waals surface area contributed by atoms with E-state index in [4.69, 9.17) is 0 Å². The Hall–Kier alpha value is -1.45. The summed E-state index contributed by atoms with van der Waals surface area (Å²) in [6, 6.07) is 1.76. The fourth-order valence-electron chi connectivity index (χ4n) is 1.84. The van der Waals surface area contributed by atoms with Gasteiger partial charge in [-0.05, 0) is 19.8 Å². The first kappa shape index (κ1) is 8.83. The summed E-state index contributed by atoms with van der Waals surface area (Å²) in [6.07, 6.45) is 3.75. The number of hydrogen-bond acceptors (Lipinski definition) is 1. The second-order valence-corrected chi connectivity index (χ2v) is 4.05. The van der Waals surface area contributed by atoms with Crippen molar-refractivity contribution in [3.8, 4) is 0 Å². The zero-order valence-electron chi connectivity index (χ0n) is 8.30. The number of fused-ring (bicyclic) bond motifs is 1. The molecule has 1 heterocycles. The highest BCUT2D eigenvalue weighted by Gasteiger charge is 2.26. The highest BCUT2D eigenvalue weighted by atomic mass is 19.1. The molecule has 0 N–H and O–H groups in total. The quantitative estimate of drug-likeness (QED) is 0.704. The molecule has 2 aromatic rings. The molecule has 2 nitrogen and oxygen atoms in total. The normalized spacial score (nSPS) is 16.2. The maximum Gasteiger partial charge on any atom is 0.156 e. The second kappa shape index (κ2) is 2.78. The number of halogens is 2. The predicted molar refractivity (Wildman–Crippen MR) is 52.7 cm³/mol. The first-order valence-electron chi connectivity index (χ1n) is 4.99. The van der Waals surface area contributed by atoms with Crippen LogP contribution < -0.4 is 0 Å². The summed E-state index contributed by atoms with van der Waals surface area (Å²) in [6.45, 7) is 1.43. The van der Waals surface area contributed by atoms with Crippen molar-refractivity contribution in [2.75, 3.05) is 0 Å². The monoisotopic (exact) mass is 208 g/mol. The number of rotatable bonds is 1. The third kappa shape index (κ3) is 1.17. The van der Waals surface area contributed by atoms with E-state index in [1.165, 1.54) is 13.0 Å². The Morgan fingerprint density at radius 3 is 2.80 bits per heavy atom. The Bertz CT molecular complexity index is 541. The summed E-state index contributed by atoms with van der Waals surface area (Å²) < 4.78 is 28.9. The van der Waals surface area contributed by atoms with Crippen molar-refractivity contribution < 1.29 is 8.78 Å². The van der Waals surface area contributed by atoms with Gasteiger partial charge in [-0.25, -0.2) is 13.8 Å². The lowest BCUT2D eigenvalue weighted by atomic mass is 10.2. The molecule has 0 aliphatic heterocycles. The summed E-state index contributed by atoms with van der Waals surface area (Å²) >= 11 is 0. The van der Waals surface area contributed by atoms with Gasteiger partial charge in [0.1, 0.15) is 11.3 Å². The van der Waals surface area contributed by atoms with Crippen LogP contribution in [0.25, 0.3) is 11.0 Å². The van der Waals surface area contributed by atoms with Crippen LogP contribution in [-0.2, 0) is 0 Å². The molecule has 78 valence electrons. The van der Waals surface area contributed by atoms with E-state index in [2.05, 4.69) is 4.98 Å². The van der Waals surface area contributed by atoms with Crippen molar-refractivity contribution in [1.82, 2.24) is 9.55 Å². The average Bonchev–Trinajstić information content (AvgIpc) is 2.97. The molecule has 0 atom stereocenters. The highest BCUT2D eigenvalue weighted by Crippen LogP contribution is 2.37. The first-order valence-corrected chi connectivity index (χ1v) is 4.99. The molecule has 0 saturated heterocycles. The third-order valence-electron chi connectivity index (χ3n) is 2.93. The van der Waals surface area contributed by atoms with Crippen LogP contribution in [0.3, 0.4) is 0 Å². The molecule has 1 aromatic heterocycles. The number of hydrogen-bond donors (Lipinski definition) is 0. The minimum absolute atomic E-state index is 0.0450. The Balaban J connectivity index is 2.35. The smallest absolute Gasteiger partial charge is 0.156 e. The van der Waals surface area contributed by atoms with Gasteiger partial charge in [0.25, 0.3) is 0 Å². The Labute approximate surface area is 85.5 Å². The lowest BCUT2D eigenvalue weighted by Crippen LogP contribution is -1.94. The largest absolute Gasteiger partial charge is 0.327 e. The van der Waals surface area contributed by atoms with Gasteiger partial charge in [-0.3, -0.25) is 0 Å². The molecular weight excluding hydrogens is 198 g/mol. The van der Waals surface area contributed by atoms with Crippen molar-refractivity contribution in [3.05, 3.63) is 29.6 Å². The molecule has 0 unspecified atom stereocenters. The fourth-order valence-corrected chi connectivity index (χ4v) is 1.84. The Morgan fingerprint density at radius 2 is 2.13 bits per heavy atom. The average molecular weight is 208 g/mol. The minimum Gasteiger partial charge on any atom is -0.327 e. The standard InChI is InChI=1S/C11H10F2N2/c1-6-8(12)4-9-11(10(6)13)14-5-15(9)7-2-3-7/h4-5,7H,2-3H2,1H3. The van der Waals surface area contributed by atoms with Crippen LogP contribution in [-0.4, -0.2) is 9.55 Å². The summed E-state index contributed by atoms with van der Waals surface area (Å²) in [5.74, 6) is -1.04. The molecule has 1 aromatic carbocycles. The lowest BCUT2D eigenvalue weighted by Gasteiger charge is -2.03. The van der Waals surface area contributed by atoms with E-state index in [9.17, 15) is 8.78 Å². The van der Waals surface area contributed by atoms with Crippen LogP contribution in [0.4, 0.5) is 8.78 Å². The topological polar surface area (TPSA) is 17.8 Å². The first-order chi connectivity index (χ1) is 7.18. The summed E-state index contributed by atoms with van der Waals surface area (Å²) in [4.78, 5) is 4.00. The van der Waals surface area contributed by atoms with E-state index in [0.29, 0.717) is 11.6 Å². The molecule has 1 saturated carbocycles. The Kier molecular flexibility index (Phi) is 1.63. The lowest BCUT2D eigenvalue weighted by molar-refractivity contribution is 0.575. The van der Waals surface area contributed by atoms with Crippen LogP contribution in [0.15, 0.2) is 12.4 Å². The molecule has 0 bridgehead atoms. The highest BCUT2D eigenvalue weighted by molar-refractivity contribution is 5.77. The summed E-state index contributed by atoms with van der Waals surface area (Å²) in [5, 5.41) is 0. The van der Waals surface area contributed by atoms with Crippen molar-refractivity contribution in [3.63, 3.8) is 0 Å². The van der Waals surface area contributed by atoms with Gasteiger partial charge < -0.3 is 4.57 Å². The van der Waals surface area contributed by atoms with Crippen LogP contribution in [0.2, 0.25) is 0 Å². The van der Waals surface area contributed by atoms with E-state index >= 15 is 0 Å². The van der Waals surface area contributed by atoms with Crippen LogP contribution >= 0.6 is 0 Å². The molecule has 15 heavy (non-hydrogen) atoms. The Morgan fingerprint density at radius 1 is 1.40 bits per heavy atom. The number of aromatic nitrogens is 2.